The number of aromatic nitrogens is 2. The van der Waals surface area contributed by atoms with Crippen molar-refractivity contribution in [1.29, 1.82) is 0 Å². The third-order valence-corrected chi connectivity index (χ3v) is 3.70. The van der Waals surface area contributed by atoms with Gasteiger partial charge in [-0.05, 0) is 38.0 Å². The standard InChI is InChI=1S/C17H25N3O3/c1-13-12-16(19-17-15(13)5-4-14(2)18-17)23-11-3-6-20(7-9-21)8-10-22/h4-5,12,21-22H,3,6-11H2,1-2H3. The van der Waals surface area contributed by atoms with Crippen LogP contribution in [0.4, 0.5) is 0 Å². The molecule has 126 valence electrons. The molecule has 0 amide bonds. The molecule has 0 bridgehead atoms. The molecule has 0 unspecified atom stereocenters. The van der Waals surface area contributed by atoms with Crippen molar-refractivity contribution in [2.24, 2.45) is 0 Å². The minimum absolute atomic E-state index is 0.0945. The van der Waals surface area contributed by atoms with Crippen molar-refractivity contribution in [3.05, 3.63) is 29.5 Å². The molecule has 0 aromatic carbocycles. The van der Waals surface area contributed by atoms with Gasteiger partial charge in [-0.3, -0.25) is 4.90 Å². The molecule has 0 saturated heterocycles. The van der Waals surface area contributed by atoms with Gasteiger partial charge in [0.05, 0.1) is 19.8 Å². The van der Waals surface area contributed by atoms with Crippen molar-refractivity contribution in [1.82, 2.24) is 14.9 Å². The second-order valence-electron chi connectivity index (χ2n) is 5.59. The van der Waals surface area contributed by atoms with Crippen LogP contribution in [-0.2, 0) is 0 Å². The van der Waals surface area contributed by atoms with Gasteiger partial charge in [-0.1, -0.05) is 0 Å². The van der Waals surface area contributed by atoms with Crippen LogP contribution < -0.4 is 4.74 Å². The Morgan fingerprint density at radius 2 is 1.78 bits per heavy atom. The zero-order chi connectivity index (χ0) is 16.7. The molecule has 2 aromatic heterocycles. The summed E-state index contributed by atoms with van der Waals surface area (Å²) in [7, 11) is 0. The maximum absolute atomic E-state index is 8.98. The molecule has 0 aliphatic carbocycles. The monoisotopic (exact) mass is 319 g/mol. The summed E-state index contributed by atoms with van der Waals surface area (Å²) in [5.41, 5.74) is 2.74. The summed E-state index contributed by atoms with van der Waals surface area (Å²) in [6, 6.07) is 5.94. The second-order valence-corrected chi connectivity index (χ2v) is 5.59. The SMILES string of the molecule is Cc1ccc2c(C)cc(OCCCN(CCO)CCO)nc2n1. The lowest BCUT2D eigenvalue weighted by Crippen LogP contribution is -2.31. The van der Waals surface area contributed by atoms with Crippen molar-refractivity contribution in [3.8, 4) is 5.88 Å². The van der Waals surface area contributed by atoms with Gasteiger partial charge in [-0.15, -0.1) is 0 Å². The van der Waals surface area contributed by atoms with Gasteiger partial charge in [-0.2, -0.15) is 4.98 Å². The zero-order valence-electron chi connectivity index (χ0n) is 13.8. The lowest BCUT2D eigenvalue weighted by atomic mass is 10.2. The molecule has 0 spiro atoms. The number of hydrogen-bond acceptors (Lipinski definition) is 6. The molecule has 0 aliphatic heterocycles. The first-order valence-electron chi connectivity index (χ1n) is 7.96. The normalized spacial score (nSPS) is 11.3. The summed E-state index contributed by atoms with van der Waals surface area (Å²) in [5, 5.41) is 19.0. The van der Waals surface area contributed by atoms with Gasteiger partial charge >= 0.3 is 0 Å². The van der Waals surface area contributed by atoms with E-state index in [9.17, 15) is 0 Å². The molecule has 23 heavy (non-hydrogen) atoms. The summed E-state index contributed by atoms with van der Waals surface area (Å²) in [6.45, 7) is 6.60. The molecular weight excluding hydrogens is 294 g/mol. The van der Waals surface area contributed by atoms with Gasteiger partial charge in [0.25, 0.3) is 0 Å². The first-order chi connectivity index (χ1) is 11.1. The van der Waals surface area contributed by atoms with Crippen LogP contribution in [0.25, 0.3) is 11.0 Å². The Kier molecular flexibility index (Phi) is 6.70. The fraction of sp³-hybridized carbons (Fsp3) is 0.529. The summed E-state index contributed by atoms with van der Waals surface area (Å²) >= 11 is 0. The van der Waals surface area contributed by atoms with Crippen molar-refractivity contribution in [2.45, 2.75) is 20.3 Å². The molecular formula is C17H25N3O3. The smallest absolute Gasteiger partial charge is 0.215 e. The molecule has 0 aliphatic rings. The van der Waals surface area contributed by atoms with E-state index < -0.39 is 0 Å². The minimum Gasteiger partial charge on any atom is -0.478 e. The Hall–Kier alpha value is -1.76. The maximum Gasteiger partial charge on any atom is 0.215 e. The molecule has 2 heterocycles. The molecule has 0 atom stereocenters. The van der Waals surface area contributed by atoms with E-state index in [0.717, 1.165) is 29.6 Å². The van der Waals surface area contributed by atoms with Crippen molar-refractivity contribution >= 4 is 11.0 Å². The summed E-state index contributed by atoms with van der Waals surface area (Å²) < 4.78 is 5.74. The van der Waals surface area contributed by atoms with Crippen molar-refractivity contribution < 1.29 is 14.9 Å². The highest BCUT2D eigenvalue weighted by Gasteiger charge is 2.06. The van der Waals surface area contributed by atoms with E-state index in [4.69, 9.17) is 14.9 Å². The van der Waals surface area contributed by atoms with Crippen LogP contribution in [0.2, 0.25) is 0 Å². The van der Waals surface area contributed by atoms with Crippen LogP contribution in [0.5, 0.6) is 5.88 Å². The molecule has 2 aromatic rings. The Morgan fingerprint density at radius 3 is 2.48 bits per heavy atom. The number of nitrogens with zero attached hydrogens (tertiary/aromatic N) is 3. The van der Waals surface area contributed by atoms with Crippen LogP contribution in [0.15, 0.2) is 18.2 Å². The third kappa shape index (κ3) is 5.13. The average molecular weight is 319 g/mol. The topological polar surface area (TPSA) is 78.7 Å². The predicted molar refractivity (Wildman–Crippen MR) is 89.7 cm³/mol. The highest BCUT2D eigenvalue weighted by Crippen LogP contribution is 2.20. The van der Waals surface area contributed by atoms with Gasteiger partial charge in [0.15, 0.2) is 5.65 Å². The minimum atomic E-state index is 0.0945. The van der Waals surface area contributed by atoms with E-state index in [1.54, 1.807) is 0 Å². The molecule has 6 nitrogen and oxygen atoms in total. The predicted octanol–water partition coefficient (Wildman–Crippen LogP) is 1.30. The lowest BCUT2D eigenvalue weighted by molar-refractivity contribution is 0.152. The van der Waals surface area contributed by atoms with Crippen LogP contribution >= 0.6 is 0 Å². The van der Waals surface area contributed by atoms with Crippen LogP contribution in [0.1, 0.15) is 17.7 Å². The van der Waals surface area contributed by atoms with Crippen LogP contribution in [0, 0.1) is 13.8 Å². The Balaban J connectivity index is 1.92. The highest BCUT2D eigenvalue weighted by molar-refractivity contribution is 5.79. The Labute approximate surface area is 136 Å². The van der Waals surface area contributed by atoms with Gasteiger partial charge in [0.1, 0.15) is 0 Å². The Bertz CT molecular complexity index is 628. The number of ether oxygens (including phenoxy) is 1. The number of rotatable bonds is 9. The summed E-state index contributed by atoms with van der Waals surface area (Å²) in [4.78, 5) is 10.9. The number of aliphatic hydroxyl groups is 2. The number of aryl methyl sites for hydroxylation is 2. The van der Waals surface area contributed by atoms with Gasteiger partial charge in [-0.25, -0.2) is 4.98 Å². The van der Waals surface area contributed by atoms with Gasteiger partial charge in [0, 0.05) is 36.8 Å². The van der Waals surface area contributed by atoms with Gasteiger partial charge in [0.2, 0.25) is 5.88 Å². The number of hydrogen-bond donors (Lipinski definition) is 2. The molecule has 2 rings (SSSR count). The van der Waals surface area contributed by atoms with E-state index in [-0.39, 0.29) is 13.2 Å². The van der Waals surface area contributed by atoms with Crippen molar-refractivity contribution in [2.75, 3.05) is 39.5 Å². The van der Waals surface area contributed by atoms with Crippen LogP contribution in [0.3, 0.4) is 0 Å². The third-order valence-electron chi connectivity index (χ3n) is 3.70. The quantitative estimate of drug-likeness (QED) is 0.678. The zero-order valence-corrected chi connectivity index (χ0v) is 13.8. The first kappa shape index (κ1) is 17.6. The average Bonchev–Trinajstić information content (AvgIpc) is 2.51. The first-order valence-corrected chi connectivity index (χ1v) is 7.96. The molecule has 6 heteroatoms. The van der Waals surface area contributed by atoms with E-state index in [1.807, 2.05) is 36.9 Å². The van der Waals surface area contributed by atoms with Crippen molar-refractivity contribution in [3.63, 3.8) is 0 Å². The largest absolute Gasteiger partial charge is 0.478 e. The fourth-order valence-corrected chi connectivity index (χ4v) is 2.49. The van der Waals surface area contributed by atoms with E-state index in [0.29, 0.717) is 31.2 Å². The molecule has 0 fully saturated rings. The molecule has 0 radical (unpaired) electrons. The molecule has 2 N–H and O–H groups in total. The maximum atomic E-state index is 8.98. The van der Waals surface area contributed by atoms with Gasteiger partial charge < -0.3 is 14.9 Å². The number of pyridine rings is 2. The fourth-order valence-electron chi connectivity index (χ4n) is 2.49. The number of fused-ring (bicyclic) bond motifs is 1. The van der Waals surface area contributed by atoms with E-state index in [2.05, 4.69) is 9.97 Å². The Morgan fingerprint density at radius 1 is 1.04 bits per heavy atom. The van der Waals surface area contributed by atoms with E-state index >= 15 is 0 Å². The van der Waals surface area contributed by atoms with Crippen LogP contribution in [-0.4, -0.2) is 64.5 Å². The lowest BCUT2D eigenvalue weighted by Gasteiger charge is -2.19. The number of aliphatic hydroxyl groups excluding tert-OH is 2. The summed E-state index contributed by atoms with van der Waals surface area (Å²) in [6.07, 6.45) is 0.806. The summed E-state index contributed by atoms with van der Waals surface area (Å²) in [5.74, 6) is 0.587. The highest BCUT2D eigenvalue weighted by atomic mass is 16.5. The van der Waals surface area contributed by atoms with E-state index in [1.165, 1.54) is 0 Å². The second kappa shape index (κ2) is 8.76. The molecule has 0 saturated carbocycles.